The van der Waals surface area contributed by atoms with Crippen molar-refractivity contribution in [3.8, 4) is 0 Å². The van der Waals surface area contributed by atoms with Gasteiger partial charge >= 0.3 is 0 Å². The van der Waals surface area contributed by atoms with Crippen molar-refractivity contribution in [2.24, 2.45) is 0 Å². The van der Waals surface area contributed by atoms with Crippen LogP contribution in [0.4, 0.5) is 10.2 Å². The van der Waals surface area contributed by atoms with Crippen LogP contribution >= 0.6 is 27.5 Å². The van der Waals surface area contributed by atoms with Gasteiger partial charge < -0.3 is 5.32 Å². The number of hydrogen-bond donors (Lipinski definition) is 1. The highest BCUT2D eigenvalue weighted by molar-refractivity contribution is 9.10. The third-order valence-electron chi connectivity index (χ3n) is 2.65. The van der Waals surface area contributed by atoms with E-state index in [1.54, 1.807) is 12.3 Å². The molecule has 0 radical (unpaired) electrons. The first kappa shape index (κ1) is 14.2. The largest absolute Gasteiger partial charge is 0.362 e. The Morgan fingerprint density at radius 2 is 2.16 bits per heavy atom. The maximum atomic E-state index is 13.0. The van der Waals surface area contributed by atoms with E-state index in [1.165, 1.54) is 12.1 Å². The minimum absolute atomic E-state index is 0.0984. The lowest BCUT2D eigenvalue weighted by Gasteiger charge is -2.17. The van der Waals surface area contributed by atoms with E-state index in [9.17, 15) is 4.39 Å². The van der Waals surface area contributed by atoms with Crippen LogP contribution in [0.3, 0.4) is 0 Å². The first-order valence-corrected chi connectivity index (χ1v) is 6.85. The van der Waals surface area contributed by atoms with Crippen LogP contribution in [0.15, 0.2) is 28.9 Å². The summed E-state index contributed by atoms with van der Waals surface area (Å²) in [5.74, 6) is 1.00. The van der Waals surface area contributed by atoms with Crippen molar-refractivity contribution in [2.45, 2.75) is 19.9 Å². The molecule has 2 rings (SSSR count). The van der Waals surface area contributed by atoms with Gasteiger partial charge in [-0.3, -0.25) is 0 Å². The first-order valence-electron chi connectivity index (χ1n) is 5.68. The van der Waals surface area contributed by atoms with Gasteiger partial charge in [0.25, 0.3) is 0 Å². The molecular weight excluding hydrogens is 333 g/mol. The monoisotopic (exact) mass is 343 g/mol. The van der Waals surface area contributed by atoms with Crippen LogP contribution < -0.4 is 5.32 Å². The molecule has 0 fully saturated rings. The first-order chi connectivity index (χ1) is 8.97. The summed E-state index contributed by atoms with van der Waals surface area (Å²) in [6.45, 7) is 3.75. The van der Waals surface area contributed by atoms with Gasteiger partial charge in [-0.25, -0.2) is 14.4 Å². The van der Waals surface area contributed by atoms with E-state index >= 15 is 0 Å². The summed E-state index contributed by atoms with van der Waals surface area (Å²) in [7, 11) is 0. The highest BCUT2D eigenvalue weighted by atomic mass is 79.9. The Bertz CT molecular complexity index is 606. The molecule has 19 heavy (non-hydrogen) atoms. The zero-order chi connectivity index (χ0) is 14.0. The summed E-state index contributed by atoms with van der Waals surface area (Å²) in [6.07, 6.45) is 1.68. The normalized spacial score (nSPS) is 12.3. The fourth-order valence-corrected chi connectivity index (χ4v) is 2.33. The summed E-state index contributed by atoms with van der Waals surface area (Å²) >= 11 is 9.42. The quantitative estimate of drug-likeness (QED) is 0.890. The number of benzene rings is 1. The van der Waals surface area contributed by atoms with E-state index in [0.717, 1.165) is 10.0 Å². The number of halogens is 3. The summed E-state index contributed by atoms with van der Waals surface area (Å²) in [4.78, 5) is 8.37. The van der Waals surface area contributed by atoms with Crippen LogP contribution in [0.2, 0.25) is 5.02 Å². The molecule has 0 aliphatic heterocycles. The molecule has 0 saturated heterocycles. The Morgan fingerprint density at radius 1 is 1.42 bits per heavy atom. The van der Waals surface area contributed by atoms with Gasteiger partial charge in [0.1, 0.15) is 17.5 Å². The lowest BCUT2D eigenvalue weighted by Crippen LogP contribution is -2.10. The van der Waals surface area contributed by atoms with Gasteiger partial charge in [0, 0.05) is 11.2 Å². The molecule has 6 heteroatoms. The maximum Gasteiger partial charge on any atom is 0.144 e. The van der Waals surface area contributed by atoms with Crippen LogP contribution in [-0.4, -0.2) is 9.97 Å². The molecule has 0 bridgehead atoms. The minimum atomic E-state index is -0.347. The average Bonchev–Trinajstić information content (AvgIpc) is 2.33. The number of nitrogens with zero attached hydrogens (tertiary/aromatic N) is 2. The Kier molecular flexibility index (Phi) is 4.37. The van der Waals surface area contributed by atoms with Crippen molar-refractivity contribution >= 4 is 33.3 Å². The second-order valence-electron chi connectivity index (χ2n) is 4.15. The van der Waals surface area contributed by atoms with E-state index in [-0.39, 0.29) is 11.9 Å². The molecule has 1 aromatic heterocycles. The molecule has 0 spiro atoms. The van der Waals surface area contributed by atoms with Crippen LogP contribution in [-0.2, 0) is 0 Å². The predicted octanol–water partition coefficient (Wildman–Crippen LogP) is 4.51. The van der Waals surface area contributed by atoms with Gasteiger partial charge in [-0.15, -0.1) is 0 Å². The van der Waals surface area contributed by atoms with Gasteiger partial charge in [0.05, 0.1) is 10.5 Å². The molecule has 100 valence electrons. The van der Waals surface area contributed by atoms with E-state index in [2.05, 4.69) is 31.2 Å². The smallest absolute Gasteiger partial charge is 0.144 e. The number of aryl methyl sites for hydroxylation is 1. The third kappa shape index (κ3) is 3.42. The lowest BCUT2D eigenvalue weighted by molar-refractivity contribution is 0.626. The topological polar surface area (TPSA) is 37.8 Å². The van der Waals surface area contributed by atoms with Crippen LogP contribution in [0, 0.1) is 12.7 Å². The zero-order valence-corrected chi connectivity index (χ0v) is 12.8. The molecule has 2 aromatic rings. The van der Waals surface area contributed by atoms with Crippen molar-refractivity contribution in [2.75, 3.05) is 5.32 Å². The number of anilines is 1. The lowest BCUT2D eigenvalue weighted by atomic mass is 10.1. The van der Waals surface area contributed by atoms with Crippen LogP contribution in [0.25, 0.3) is 0 Å². The average molecular weight is 345 g/mol. The van der Waals surface area contributed by atoms with Gasteiger partial charge in [-0.05, 0) is 47.5 Å². The number of hydrogen-bond acceptors (Lipinski definition) is 3. The van der Waals surface area contributed by atoms with Crippen molar-refractivity contribution in [3.05, 3.63) is 51.1 Å². The molecule has 1 N–H and O–H groups in total. The summed E-state index contributed by atoms with van der Waals surface area (Å²) in [5.41, 5.74) is 0.811. The second-order valence-corrected chi connectivity index (χ2v) is 5.41. The standard InChI is InChI=1S/C13H12BrClFN3/c1-7(10-4-3-9(16)5-12(10)15)18-13-11(14)6-17-8(2)19-13/h3-7H,1-2H3,(H,17,18,19). The fourth-order valence-electron chi connectivity index (χ4n) is 1.69. The molecule has 0 amide bonds. The molecule has 0 saturated carbocycles. The van der Waals surface area contributed by atoms with Gasteiger partial charge in [-0.1, -0.05) is 17.7 Å². The van der Waals surface area contributed by atoms with E-state index in [0.29, 0.717) is 16.7 Å². The third-order valence-corrected chi connectivity index (χ3v) is 3.55. The zero-order valence-electron chi connectivity index (χ0n) is 10.4. The van der Waals surface area contributed by atoms with Gasteiger partial charge in [0.15, 0.2) is 0 Å². The van der Waals surface area contributed by atoms with Crippen LogP contribution in [0.1, 0.15) is 24.4 Å². The molecule has 1 aromatic carbocycles. The van der Waals surface area contributed by atoms with Crippen molar-refractivity contribution in [3.63, 3.8) is 0 Å². The number of aromatic nitrogens is 2. The number of rotatable bonds is 3. The highest BCUT2D eigenvalue weighted by Gasteiger charge is 2.12. The van der Waals surface area contributed by atoms with Crippen molar-refractivity contribution in [1.29, 1.82) is 0 Å². The maximum absolute atomic E-state index is 13.0. The van der Waals surface area contributed by atoms with E-state index < -0.39 is 0 Å². The molecular formula is C13H12BrClFN3. The Hall–Kier alpha value is -1.20. The molecule has 0 aliphatic rings. The van der Waals surface area contributed by atoms with E-state index in [1.807, 2.05) is 13.8 Å². The highest BCUT2D eigenvalue weighted by Crippen LogP contribution is 2.28. The SMILES string of the molecule is Cc1ncc(Br)c(NC(C)c2ccc(F)cc2Cl)n1. The Balaban J connectivity index is 2.25. The molecule has 3 nitrogen and oxygen atoms in total. The Labute approximate surface area is 124 Å². The second kappa shape index (κ2) is 5.84. The van der Waals surface area contributed by atoms with Crippen molar-refractivity contribution < 1.29 is 4.39 Å². The Morgan fingerprint density at radius 3 is 2.84 bits per heavy atom. The predicted molar refractivity (Wildman–Crippen MR) is 77.9 cm³/mol. The van der Waals surface area contributed by atoms with E-state index in [4.69, 9.17) is 11.6 Å². The molecule has 1 atom stereocenters. The minimum Gasteiger partial charge on any atom is -0.362 e. The summed E-state index contributed by atoms with van der Waals surface area (Å²) < 4.78 is 13.8. The molecule has 1 unspecified atom stereocenters. The summed E-state index contributed by atoms with van der Waals surface area (Å²) in [5, 5.41) is 3.61. The summed E-state index contributed by atoms with van der Waals surface area (Å²) in [6, 6.07) is 4.26. The van der Waals surface area contributed by atoms with Crippen molar-refractivity contribution in [1.82, 2.24) is 9.97 Å². The molecule has 0 aliphatic carbocycles. The fraction of sp³-hybridized carbons (Fsp3) is 0.231. The van der Waals surface area contributed by atoms with Crippen LogP contribution in [0.5, 0.6) is 0 Å². The van der Waals surface area contributed by atoms with Gasteiger partial charge in [0.2, 0.25) is 0 Å². The van der Waals surface area contributed by atoms with Gasteiger partial charge in [-0.2, -0.15) is 0 Å². The number of nitrogens with one attached hydrogen (secondary N) is 1. The molecule has 1 heterocycles.